The van der Waals surface area contributed by atoms with Crippen molar-refractivity contribution in [3.05, 3.63) is 36.5 Å². The predicted molar refractivity (Wildman–Crippen MR) is 293 cm³/mol. The smallest absolute Gasteiger partial charge is 0.306 e. The molecule has 0 amide bonds. The van der Waals surface area contributed by atoms with Gasteiger partial charge < -0.3 is 14.2 Å². The molecule has 0 aliphatic rings. The first-order valence-electron chi connectivity index (χ1n) is 30.0. The van der Waals surface area contributed by atoms with Crippen LogP contribution in [0.5, 0.6) is 0 Å². The van der Waals surface area contributed by atoms with Gasteiger partial charge in [0.2, 0.25) is 0 Å². The molecule has 1 unspecified atom stereocenters. The molecule has 0 aromatic rings. The molecule has 6 heteroatoms. The monoisotopic (exact) mass is 955 g/mol. The van der Waals surface area contributed by atoms with Crippen LogP contribution in [0.25, 0.3) is 0 Å². The Morgan fingerprint density at radius 2 is 0.529 bits per heavy atom. The topological polar surface area (TPSA) is 78.9 Å². The van der Waals surface area contributed by atoms with Crippen molar-refractivity contribution in [2.75, 3.05) is 13.2 Å². The van der Waals surface area contributed by atoms with Crippen molar-refractivity contribution in [3.8, 4) is 0 Å². The van der Waals surface area contributed by atoms with Gasteiger partial charge in [0.1, 0.15) is 13.2 Å². The maximum absolute atomic E-state index is 12.8. The molecule has 0 aliphatic carbocycles. The molecular weight excluding hydrogens is 841 g/mol. The zero-order valence-corrected chi connectivity index (χ0v) is 45.6. The zero-order valence-electron chi connectivity index (χ0n) is 45.6. The number of carbonyl (C=O) groups excluding carboxylic acids is 3. The molecule has 0 bridgehead atoms. The molecule has 68 heavy (non-hydrogen) atoms. The van der Waals surface area contributed by atoms with Gasteiger partial charge in [0.05, 0.1) is 0 Å². The predicted octanol–water partition coefficient (Wildman–Crippen LogP) is 20.0. The van der Waals surface area contributed by atoms with Gasteiger partial charge in [-0.1, -0.05) is 282 Å². The van der Waals surface area contributed by atoms with Crippen molar-refractivity contribution in [3.63, 3.8) is 0 Å². The second-order valence-electron chi connectivity index (χ2n) is 20.3. The van der Waals surface area contributed by atoms with E-state index in [1.807, 2.05) is 0 Å². The van der Waals surface area contributed by atoms with Crippen LogP contribution in [0.3, 0.4) is 0 Å². The minimum Gasteiger partial charge on any atom is -0.462 e. The minimum absolute atomic E-state index is 0.0685. The van der Waals surface area contributed by atoms with Crippen LogP contribution >= 0.6 is 0 Å². The van der Waals surface area contributed by atoms with Crippen LogP contribution < -0.4 is 0 Å². The standard InChI is InChI=1S/C62H114O6/c1-4-7-10-13-16-19-21-23-25-27-28-29-30-31-32-33-34-35-37-38-40-43-46-49-52-55-61(64)67-58-59(57-66-60(63)54-51-48-45-42-18-15-12-9-6-3)68-62(65)56-53-50-47-44-41-39-36-26-24-22-20-17-14-11-8-5-2/h21,23,27-28,30-31,59H,4-20,22,24-26,29,32-58H2,1-3H3/b23-21-,28-27-,31-30-. The summed E-state index contributed by atoms with van der Waals surface area (Å²) in [7, 11) is 0. The third-order valence-electron chi connectivity index (χ3n) is 13.4. The Morgan fingerprint density at radius 1 is 0.294 bits per heavy atom. The summed E-state index contributed by atoms with van der Waals surface area (Å²) in [6, 6.07) is 0. The van der Waals surface area contributed by atoms with Crippen molar-refractivity contribution < 1.29 is 28.6 Å². The fourth-order valence-electron chi connectivity index (χ4n) is 8.86. The molecular formula is C62H114O6. The van der Waals surface area contributed by atoms with E-state index in [1.54, 1.807) is 0 Å². The quantitative estimate of drug-likeness (QED) is 0.0262. The van der Waals surface area contributed by atoms with Crippen LogP contribution in [0.4, 0.5) is 0 Å². The summed E-state index contributed by atoms with van der Waals surface area (Å²) in [5.41, 5.74) is 0. The fourth-order valence-corrected chi connectivity index (χ4v) is 8.86. The number of rotatable bonds is 55. The second kappa shape index (κ2) is 57.2. The summed E-state index contributed by atoms with van der Waals surface area (Å²) in [5.74, 6) is -0.856. The van der Waals surface area contributed by atoms with E-state index in [9.17, 15) is 14.4 Å². The number of ether oxygens (including phenoxy) is 3. The normalized spacial score (nSPS) is 12.2. The van der Waals surface area contributed by atoms with E-state index < -0.39 is 6.10 Å². The lowest BCUT2D eigenvalue weighted by Crippen LogP contribution is -2.30. The molecule has 0 radical (unpaired) electrons. The average molecular weight is 956 g/mol. The molecule has 1 atom stereocenters. The molecule has 0 fully saturated rings. The van der Waals surface area contributed by atoms with E-state index in [1.165, 1.54) is 212 Å². The summed E-state index contributed by atoms with van der Waals surface area (Å²) >= 11 is 0. The molecule has 0 saturated carbocycles. The molecule has 0 aliphatic heterocycles. The third-order valence-corrected chi connectivity index (χ3v) is 13.4. The number of hydrogen-bond acceptors (Lipinski definition) is 6. The first-order valence-corrected chi connectivity index (χ1v) is 30.0. The first kappa shape index (κ1) is 65.6. The Kier molecular flexibility index (Phi) is 55.2. The molecule has 0 heterocycles. The molecule has 0 N–H and O–H groups in total. The van der Waals surface area contributed by atoms with Gasteiger partial charge in [-0.25, -0.2) is 0 Å². The largest absolute Gasteiger partial charge is 0.462 e. The minimum atomic E-state index is -0.768. The lowest BCUT2D eigenvalue weighted by Gasteiger charge is -2.18. The summed E-state index contributed by atoms with van der Waals surface area (Å²) in [6.07, 6.45) is 68.6. The first-order chi connectivity index (χ1) is 33.5. The highest BCUT2D eigenvalue weighted by Gasteiger charge is 2.19. The summed E-state index contributed by atoms with van der Waals surface area (Å²) in [5, 5.41) is 0. The second-order valence-corrected chi connectivity index (χ2v) is 20.3. The molecule has 0 aromatic heterocycles. The maximum Gasteiger partial charge on any atom is 0.306 e. The van der Waals surface area contributed by atoms with Gasteiger partial charge in [0, 0.05) is 19.3 Å². The highest BCUT2D eigenvalue weighted by atomic mass is 16.6. The highest BCUT2D eigenvalue weighted by molar-refractivity contribution is 5.71. The summed E-state index contributed by atoms with van der Waals surface area (Å²) in [6.45, 7) is 6.65. The van der Waals surface area contributed by atoms with Gasteiger partial charge in [-0.2, -0.15) is 0 Å². The Labute approximate surface area is 423 Å². The van der Waals surface area contributed by atoms with Crippen LogP contribution in [0.2, 0.25) is 0 Å². The Hall–Kier alpha value is -2.37. The van der Waals surface area contributed by atoms with Crippen molar-refractivity contribution in [2.24, 2.45) is 0 Å². The molecule has 0 rings (SSSR count). The third kappa shape index (κ3) is 54.6. The maximum atomic E-state index is 12.8. The van der Waals surface area contributed by atoms with Crippen LogP contribution in [0.1, 0.15) is 323 Å². The average Bonchev–Trinajstić information content (AvgIpc) is 3.34. The summed E-state index contributed by atoms with van der Waals surface area (Å²) in [4.78, 5) is 38.1. The van der Waals surface area contributed by atoms with E-state index in [-0.39, 0.29) is 31.1 Å². The SMILES string of the molecule is CCCCCCC/C=C\C/C=C\C/C=C\CCCCCCCCCCCCC(=O)OCC(COC(=O)CCCCCCCCCCC)OC(=O)CCCCCCCCCCCCCCCCCC. The number of esters is 3. The molecule has 0 spiro atoms. The van der Waals surface area contributed by atoms with E-state index in [2.05, 4.69) is 57.2 Å². The van der Waals surface area contributed by atoms with Crippen molar-refractivity contribution in [1.82, 2.24) is 0 Å². The van der Waals surface area contributed by atoms with Crippen LogP contribution in [0, 0.1) is 0 Å². The fraction of sp³-hybridized carbons (Fsp3) is 0.855. The van der Waals surface area contributed by atoms with Gasteiger partial charge in [-0.15, -0.1) is 0 Å². The number of hydrogen-bond donors (Lipinski definition) is 0. The number of carbonyl (C=O) groups is 3. The lowest BCUT2D eigenvalue weighted by molar-refractivity contribution is -0.167. The van der Waals surface area contributed by atoms with Gasteiger partial charge in [0.25, 0.3) is 0 Å². The van der Waals surface area contributed by atoms with Gasteiger partial charge in [0.15, 0.2) is 6.10 Å². The Morgan fingerprint density at radius 3 is 0.824 bits per heavy atom. The Bertz CT molecular complexity index is 1140. The highest BCUT2D eigenvalue weighted by Crippen LogP contribution is 2.17. The van der Waals surface area contributed by atoms with E-state index in [4.69, 9.17) is 14.2 Å². The molecule has 6 nitrogen and oxygen atoms in total. The number of unbranched alkanes of at least 4 members (excludes halogenated alkanes) is 38. The van der Waals surface area contributed by atoms with E-state index in [0.717, 1.165) is 70.6 Å². The summed E-state index contributed by atoms with van der Waals surface area (Å²) < 4.78 is 16.8. The lowest BCUT2D eigenvalue weighted by atomic mass is 10.0. The van der Waals surface area contributed by atoms with Crippen LogP contribution in [-0.4, -0.2) is 37.2 Å². The van der Waals surface area contributed by atoms with Crippen molar-refractivity contribution in [1.29, 1.82) is 0 Å². The molecule has 398 valence electrons. The van der Waals surface area contributed by atoms with Gasteiger partial charge in [-0.3, -0.25) is 14.4 Å². The molecule has 0 aromatic carbocycles. The van der Waals surface area contributed by atoms with Crippen LogP contribution in [0.15, 0.2) is 36.5 Å². The van der Waals surface area contributed by atoms with Crippen LogP contribution in [-0.2, 0) is 28.6 Å². The van der Waals surface area contributed by atoms with E-state index in [0.29, 0.717) is 19.3 Å². The Balaban J connectivity index is 4.19. The van der Waals surface area contributed by atoms with Gasteiger partial charge in [-0.05, 0) is 57.8 Å². The molecule has 0 saturated heterocycles. The van der Waals surface area contributed by atoms with E-state index >= 15 is 0 Å². The zero-order chi connectivity index (χ0) is 49.3. The van der Waals surface area contributed by atoms with Crippen molar-refractivity contribution >= 4 is 17.9 Å². The number of allylic oxidation sites excluding steroid dienone is 6. The van der Waals surface area contributed by atoms with Gasteiger partial charge >= 0.3 is 17.9 Å². The van der Waals surface area contributed by atoms with Crippen molar-refractivity contribution in [2.45, 2.75) is 329 Å².